The van der Waals surface area contributed by atoms with Crippen molar-refractivity contribution in [1.29, 1.82) is 5.26 Å². The van der Waals surface area contributed by atoms with Crippen LogP contribution in [0.25, 0.3) is 0 Å². The number of hydrogen-bond donors (Lipinski definition) is 0. The molecule has 8 heteroatoms. The van der Waals surface area contributed by atoms with Gasteiger partial charge in [0.1, 0.15) is 13.2 Å². The first-order chi connectivity index (χ1) is 9.41. The standard InChI is InChI=1S/C12H10F3NO3S/c13-12(14,15)8(6-16)7-20(17)9-1-2-10-11(5-9)19-4-3-18-10/h1-2,5,8H,3-4,7H2. The number of fused-ring (bicyclic) bond motifs is 1. The van der Waals surface area contributed by atoms with Gasteiger partial charge in [0, 0.05) is 11.0 Å². The molecular weight excluding hydrogens is 295 g/mol. The van der Waals surface area contributed by atoms with E-state index in [0.29, 0.717) is 24.7 Å². The zero-order valence-corrected chi connectivity index (χ0v) is 11.0. The SMILES string of the molecule is N#CC(CS(=O)c1ccc2c(c1)OCCO2)C(F)(F)F. The summed E-state index contributed by atoms with van der Waals surface area (Å²) in [5.74, 6) is -2.23. The molecule has 2 unspecified atom stereocenters. The predicted octanol–water partition coefficient (Wildman–Crippen LogP) is 2.27. The largest absolute Gasteiger partial charge is 0.486 e. The topological polar surface area (TPSA) is 59.3 Å². The van der Waals surface area contributed by atoms with Gasteiger partial charge in [-0.3, -0.25) is 4.21 Å². The Morgan fingerprint density at radius 2 is 1.95 bits per heavy atom. The van der Waals surface area contributed by atoms with E-state index in [9.17, 15) is 17.4 Å². The third kappa shape index (κ3) is 3.22. The molecule has 108 valence electrons. The summed E-state index contributed by atoms with van der Waals surface area (Å²) in [5.41, 5.74) is 0. The maximum Gasteiger partial charge on any atom is 0.405 e. The fourth-order valence-corrected chi connectivity index (χ4v) is 2.83. The van der Waals surface area contributed by atoms with Crippen molar-refractivity contribution < 1.29 is 26.9 Å². The van der Waals surface area contributed by atoms with Crippen molar-refractivity contribution in [2.24, 2.45) is 5.92 Å². The molecule has 1 aromatic rings. The Bertz CT molecular complexity index is 568. The molecule has 2 atom stereocenters. The zero-order valence-electron chi connectivity index (χ0n) is 10.1. The third-order valence-electron chi connectivity index (χ3n) is 2.65. The van der Waals surface area contributed by atoms with Gasteiger partial charge >= 0.3 is 6.18 Å². The lowest BCUT2D eigenvalue weighted by Crippen LogP contribution is -2.26. The van der Waals surface area contributed by atoms with Crippen LogP contribution in [0.1, 0.15) is 0 Å². The van der Waals surface area contributed by atoms with Crippen molar-refractivity contribution in [3.05, 3.63) is 18.2 Å². The summed E-state index contributed by atoms with van der Waals surface area (Å²) < 4.78 is 59.8. The quantitative estimate of drug-likeness (QED) is 0.859. The van der Waals surface area contributed by atoms with Crippen LogP contribution in [0.4, 0.5) is 13.2 Å². The van der Waals surface area contributed by atoms with Gasteiger partial charge < -0.3 is 9.47 Å². The molecule has 1 aliphatic heterocycles. The minimum atomic E-state index is -4.68. The van der Waals surface area contributed by atoms with Gasteiger partial charge in [-0.2, -0.15) is 18.4 Å². The van der Waals surface area contributed by atoms with Crippen LogP contribution in [0.5, 0.6) is 11.5 Å². The molecule has 20 heavy (non-hydrogen) atoms. The lowest BCUT2D eigenvalue weighted by Gasteiger charge is -2.19. The third-order valence-corrected chi connectivity index (χ3v) is 4.06. The van der Waals surface area contributed by atoms with Gasteiger partial charge in [0.15, 0.2) is 17.4 Å². The number of benzene rings is 1. The van der Waals surface area contributed by atoms with Crippen molar-refractivity contribution in [1.82, 2.24) is 0 Å². The van der Waals surface area contributed by atoms with Gasteiger partial charge in [-0.15, -0.1) is 0 Å². The predicted molar refractivity (Wildman–Crippen MR) is 63.9 cm³/mol. The number of nitrogens with zero attached hydrogens (tertiary/aromatic N) is 1. The molecule has 0 bridgehead atoms. The molecule has 0 amide bonds. The summed E-state index contributed by atoms with van der Waals surface area (Å²) in [4.78, 5) is 0.179. The van der Waals surface area contributed by atoms with E-state index in [2.05, 4.69) is 0 Å². The van der Waals surface area contributed by atoms with E-state index >= 15 is 0 Å². The maximum absolute atomic E-state index is 12.5. The van der Waals surface area contributed by atoms with Crippen LogP contribution in [-0.2, 0) is 10.8 Å². The van der Waals surface area contributed by atoms with Crippen molar-refractivity contribution in [2.45, 2.75) is 11.1 Å². The smallest absolute Gasteiger partial charge is 0.405 e. The van der Waals surface area contributed by atoms with Gasteiger partial charge in [0.2, 0.25) is 0 Å². The normalized spacial score (nSPS) is 17.1. The van der Waals surface area contributed by atoms with Crippen LogP contribution in [0.2, 0.25) is 0 Å². The highest BCUT2D eigenvalue weighted by molar-refractivity contribution is 7.85. The van der Waals surface area contributed by atoms with Crippen LogP contribution in [0.15, 0.2) is 23.1 Å². The van der Waals surface area contributed by atoms with E-state index in [0.717, 1.165) is 6.07 Å². The highest BCUT2D eigenvalue weighted by Crippen LogP contribution is 2.33. The Labute approximate surface area is 115 Å². The minimum Gasteiger partial charge on any atom is -0.486 e. The molecule has 0 N–H and O–H groups in total. The minimum absolute atomic E-state index is 0.179. The average Bonchev–Trinajstić information content (AvgIpc) is 2.42. The van der Waals surface area contributed by atoms with Crippen molar-refractivity contribution >= 4 is 10.8 Å². The maximum atomic E-state index is 12.5. The first-order valence-corrected chi connectivity index (χ1v) is 6.98. The zero-order chi connectivity index (χ0) is 14.8. The lowest BCUT2D eigenvalue weighted by molar-refractivity contribution is -0.153. The molecule has 4 nitrogen and oxygen atoms in total. The van der Waals surface area contributed by atoms with Crippen molar-refractivity contribution in [3.63, 3.8) is 0 Å². The first kappa shape index (κ1) is 14.7. The molecule has 2 rings (SSSR count). The second kappa shape index (κ2) is 5.71. The number of nitriles is 1. The van der Waals surface area contributed by atoms with Crippen LogP contribution in [0.3, 0.4) is 0 Å². The van der Waals surface area contributed by atoms with Crippen LogP contribution < -0.4 is 9.47 Å². The van der Waals surface area contributed by atoms with Gasteiger partial charge in [0.25, 0.3) is 0 Å². The summed E-state index contributed by atoms with van der Waals surface area (Å²) >= 11 is 0. The number of alkyl halides is 3. The molecule has 1 aliphatic rings. The van der Waals surface area contributed by atoms with E-state index in [-0.39, 0.29) is 4.90 Å². The monoisotopic (exact) mass is 305 g/mol. The van der Waals surface area contributed by atoms with Crippen LogP contribution >= 0.6 is 0 Å². The lowest BCUT2D eigenvalue weighted by atomic mass is 10.2. The Morgan fingerprint density at radius 1 is 1.30 bits per heavy atom. The van der Waals surface area contributed by atoms with E-state index in [1.165, 1.54) is 18.2 Å². The number of ether oxygens (including phenoxy) is 2. The van der Waals surface area contributed by atoms with Crippen molar-refractivity contribution in [2.75, 3.05) is 19.0 Å². The molecule has 1 aromatic carbocycles. The second-order valence-electron chi connectivity index (χ2n) is 4.04. The molecular formula is C12H10F3NO3S. The Morgan fingerprint density at radius 3 is 2.55 bits per heavy atom. The van der Waals surface area contributed by atoms with Gasteiger partial charge in [-0.1, -0.05) is 0 Å². The number of hydrogen-bond acceptors (Lipinski definition) is 4. The van der Waals surface area contributed by atoms with Gasteiger partial charge in [-0.05, 0) is 12.1 Å². The molecule has 0 radical (unpaired) electrons. The van der Waals surface area contributed by atoms with E-state index in [4.69, 9.17) is 14.7 Å². The fourth-order valence-electron chi connectivity index (χ4n) is 1.62. The molecule has 0 aromatic heterocycles. The van der Waals surface area contributed by atoms with Gasteiger partial charge in [-0.25, -0.2) is 0 Å². The molecule has 0 fully saturated rings. The summed E-state index contributed by atoms with van der Waals surface area (Å²) in [5, 5.41) is 8.50. The van der Waals surface area contributed by atoms with E-state index < -0.39 is 28.6 Å². The van der Waals surface area contributed by atoms with Crippen LogP contribution in [0, 0.1) is 17.2 Å². The highest BCUT2D eigenvalue weighted by Gasteiger charge is 2.41. The Hall–Kier alpha value is -1.75. The molecule has 0 saturated heterocycles. The van der Waals surface area contributed by atoms with Crippen molar-refractivity contribution in [3.8, 4) is 17.6 Å². The number of rotatable bonds is 3. The summed E-state index contributed by atoms with van der Waals surface area (Å²) in [6.45, 7) is 0.715. The summed E-state index contributed by atoms with van der Waals surface area (Å²) in [6.07, 6.45) is -4.68. The van der Waals surface area contributed by atoms with E-state index in [1.54, 1.807) is 0 Å². The summed E-state index contributed by atoms with van der Waals surface area (Å²) in [6, 6.07) is 5.42. The summed E-state index contributed by atoms with van der Waals surface area (Å²) in [7, 11) is -1.94. The molecule has 0 spiro atoms. The first-order valence-electron chi connectivity index (χ1n) is 5.66. The Kier molecular flexibility index (Phi) is 4.18. The second-order valence-corrected chi connectivity index (χ2v) is 5.54. The average molecular weight is 305 g/mol. The van der Waals surface area contributed by atoms with Crippen LogP contribution in [-0.4, -0.2) is 29.4 Å². The highest BCUT2D eigenvalue weighted by atomic mass is 32.2. The fraction of sp³-hybridized carbons (Fsp3) is 0.417. The molecule has 1 heterocycles. The van der Waals surface area contributed by atoms with E-state index in [1.807, 2.05) is 0 Å². The number of halogens is 3. The molecule has 0 saturated carbocycles. The van der Waals surface area contributed by atoms with Gasteiger partial charge in [0.05, 0.1) is 22.6 Å². The molecule has 0 aliphatic carbocycles. The Balaban J connectivity index is 2.16.